The molecule has 0 spiro atoms. The molecule has 0 unspecified atom stereocenters. The number of benzene rings is 4. The minimum Gasteiger partial charge on any atom is -0.297 e. The Balaban J connectivity index is 1.18. The number of tetrazole rings is 1. The molecule has 2 heterocycles. The fourth-order valence-electron chi connectivity index (χ4n) is 5.98. The highest BCUT2D eigenvalue weighted by Crippen LogP contribution is 2.31. The first-order chi connectivity index (χ1) is 20.8. The fraction of sp³-hybridized carbons (Fsp3) is 0.250. The lowest BCUT2D eigenvalue weighted by Crippen LogP contribution is -2.48. The van der Waals surface area contributed by atoms with Gasteiger partial charge in [-0.15, -0.1) is 5.10 Å². The van der Waals surface area contributed by atoms with Gasteiger partial charge in [-0.3, -0.25) is 9.80 Å². The van der Waals surface area contributed by atoms with Crippen molar-refractivity contribution < 1.29 is 0 Å². The van der Waals surface area contributed by atoms with Crippen molar-refractivity contribution in [1.29, 1.82) is 0 Å². The second kappa shape index (κ2) is 14.0. The van der Waals surface area contributed by atoms with Crippen LogP contribution >= 0.6 is 0 Å². The lowest BCUT2D eigenvalue weighted by atomic mass is 9.88. The van der Waals surface area contributed by atoms with Crippen molar-refractivity contribution in [2.24, 2.45) is 0 Å². The molecule has 42 heavy (non-hydrogen) atoms. The molecular formula is C36H38N6. The fourth-order valence-corrected chi connectivity index (χ4v) is 5.98. The van der Waals surface area contributed by atoms with Gasteiger partial charge in [-0.1, -0.05) is 133 Å². The van der Waals surface area contributed by atoms with Gasteiger partial charge >= 0.3 is 0 Å². The first kappa shape index (κ1) is 27.8. The van der Waals surface area contributed by atoms with Crippen LogP contribution < -0.4 is 0 Å². The molecule has 212 valence electrons. The van der Waals surface area contributed by atoms with Crippen LogP contribution in [0.5, 0.6) is 0 Å². The lowest BCUT2D eigenvalue weighted by Gasteiger charge is -2.38. The molecule has 6 heteroatoms. The number of rotatable bonds is 11. The van der Waals surface area contributed by atoms with Gasteiger partial charge in [0.25, 0.3) is 0 Å². The maximum Gasteiger partial charge on any atom is 0.173 e. The molecule has 6 rings (SSSR count). The Bertz CT molecular complexity index is 1470. The summed E-state index contributed by atoms with van der Waals surface area (Å²) in [5, 5.41) is 13.3. The highest BCUT2D eigenvalue weighted by Gasteiger charge is 2.30. The molecule has 0 N–H and O–H groups in total. The Morgan fingerprint density at radius 1 is 0.643 bits per heavy atom. The van der Waals surface area contributed by atoms with E-state index in [9.17, 15) is 0 Å². The van der Waals surface area contributed by atoms with E-state index in [2.05, 4.69) is 159 Å². The standard InChI is InChI=1S/C36H38N6/c1-5-14-30(15-6-1)16-13-24-40-26-28-41(29-27-40)35(33-21-11-4-12-22-33)36-37-38-39-42(36)25-23-34(31-17-7-2-8-18-31)32-19-9-3-10-20-32/h1-22,34-35H,23-29H2/t35-/m0/s1. The van der Waals surface area contributed by atoms with Crippen molar-refractivity contribution in [1.82, 2.24) is 30.0 Å². The van der Waals surface area contributed by atoms with Crippen molar-refractivity contribution in [3.8, 4) is 0 Å². The molecule has 0 bridgehead atoms. The summed E-state index contributed by atoms with van der Waals surface area (Å²) in [6.45, 7) is 5.63. The van der Waals surface area contributed by atoms with Crippen molar-refractivity contribution in [3.05, 3.63) is 155 Å². The first-order valence-electron chi connectivity index (χ1n) is 14.9. The predicted molar refractivity (Wildman–Crippen MR) is 169 cm³/mol. The quantitative estimate of drug-likeness (QED) is 0.191. The summed E-state index contributed by atoms with van der Waals surface area (Å²) < 4.78 is 2.03. The number of piperazine rings is 1. The Morgan fingerprint density at radius 3 is 1.79 bits per heavy atom. The minimum absolute atomic E-state index is 0.00936. The van der Waals surface area contributed by atoms with Gasteiger partial charge in [-0.2, -0.15) is 0 Å². The van der Waals surface area contributed by atoms with E-state index in [4.69, 9.17) is 0 Å². The number of hydrogen-bond donors (Lipinski definition) is 0. The second-order valence-electron chi connectivity index (χ2n) is 10.9. The van der Waals surface area contributed by atoms with E-state index >= 15 is 0 Å². The van der Waals surface area contributed by atoms with E-state index in [-0.39, 0.29) is 12.0 Å². The topological polar surface area (TPSA) is 50.1 Å². The molecule has 0 saturated carbocycles. The summed E-state index contributed by atoms with van der Waals surface area (Å²) >= 11 is 0. The van der Waals surface area contributed by atoms with Crippen molar-refractivity contribution in [3.63, 3.8) is 0 Å². The molecule has 0 amide bonds. The summed E-state index contributed by atoms with van der Waals surface area (Å²) in [6, 6.07) is 42.8. The van der Waals surface area contributed by atoms with Gasteiger partial charge in [-0.05, 0) is 39.1 Å². The van der Waals surface area contributed by atoms with E-state index in [1.165, 1.54) is 22.3 Å². The Labute approximate surface area is 248 Å². The van der Waals surface area contributed by atoms with E-state index in [1.807, 2.05) is 4.68 Å². The molecule has 6 nitrogen and oxygen atoms in total. The Hall–Kier alpha value is -4.39. The maximum atomic E-state index is 4.63. The van der Waals surface area contributed by atoms with Crippen LogP contribution in [0.2, 0.25) is 0 Å². The van der Waals surface area contributed by atoms with Crippen molar-refractivity contribution >= 4 is 6.08 Å². The van der Waals surface area contributed by atoms with E-state index in [1.54, 1.807) is 0 Å². The van der Waals surface area contributed by atoms with Crippen LogP contribution in [0.3, 0.4) is 0 Å². The summed E-state index contributed by atoms with van der Waals surface area (Å²) in [6.07, 6.45) is 5.40. The van der Waals surface area contributed by atoms with Crippen LogP contribution in [0.15, 0.2) is 127 Å². The van der Waals surface area contributed by atoms with Gasteiger partial charge in [0.15, 0.2) is 5.82 Å². The third kappa shape index (κ3) is 6.90. The zero-order valence-electron chi connectivity index (χ0n) is 24.0. The predicted octanol–water partition coefficient (Wildman–Crippen LogP) is 6.32. The third-order valence-corrected chi connectivity index (χ3v) is 8.20. The average Bonchev–Trinajstić information content (AvgIpc) is 3.52. The third-order valence-electron chi connectivity index (χ3n) is 8.20. The van der Waals surface area contributed by atoms with Gasteiger partial charge < -0.3 is 0 Å². The first-order valence-corrected chi connectivity index (χ1v) is 14.9. The zero-order chi connectivity index (χ0) is 28.4. The molecule has 5 aromatic rings. The van der Waals surface area contributed by atoms with Crippen molar-refractivity contribution in [2.45, 2.75) is 24.9 Å². The largest absolute Gasteiger partial charge is 0.297 e. The van der Waals surface area contributed by atoms with Gasteiger partial charge in [0.05, 0.1) is 6.04 Å². The molecule has 1 fully saturated rings. The summed E-state index contributed by atoms with van der Waals surface area (Å²) in [4.78, 5) is 5.06. The van der Waals surface area contributed by atoms with Crippen LogP contribution in [0, 0.1) is 0 Å². The highest BCUT2D eigenvalue weighted by molar-refractivity contribution is 5.48. The van der Waals surface area contributed by atoms with E-state index in [0.717, 1.165) is 51.5 Å². The summed E-state index contributed by atoms with van der Waals surface area (Å²) in [7, 11) is 0. The van der Waals surface area contributed by atoms with Crippen LogP contribution in [0.25, 0.3) is 6.08 Å². The average molecular weight is 555 g/mol. The van der Waals surface area contributed by atoms with Crippen LogP contribution in [-0.4, -0.2) is 62.7 Å². The van der Waals surface area contributed by atoms with E-state index < -0.39 is 0 Å². The molecule has 0 radical (unpaired) electrons. The second-order valence-corrected chi connectivity index (χ2v) is 10.9. The van der Waals surface area contributed by atoms with Gasteiger partial charge in [-0.25, -0.2) is 4.68 Å². The van der Waals surface area contributed by atoms with E-state index in [0.29, 0.717) is 0 Å². The molecular weight excluding hydrogens is 516 g/mol. The number of hydrogen-bond acceptors (Lipinski definition) is 5. The summed E-state index contributed by atoms with van der Waals surface area (Å²) in [5.74, 6) is 1.19. The van der Waals surface area contributed by atoms with Crippen LogP contribution in [0.4, 0.5) is 0 Å². The molecule has 1 atom stereocenters. The Morgan fingerprint density at radius 2 is 1.19 bits per heavy atom. The highest BCUT2D eigenvalue weighted by atomic mass is 15.6. The van der Waals surface area contributed by atoms with Crippen molar-refractivity contribution in [2.75, 3.05) is 32.7 Å². The van der Waals surface area contributed by atoms with Crippen LogP contribution in [0.1, 0.15) is 46.5 Å². The molecule has 1 aliphatic rings. The van der Waals surface area contributed by atoms with Gasteiger partial charge in [0.2, 0.25) is 0 Å². The number of nitrogens with zero attached hydrogens (tertiary/aromatic N) is 6. The maximum absolute atomic E-state index is 4.63. The smallest absolute Gasteiger partial charge is 0.173 e. The van der Waals surface area contributed by atoms with Gasteiger partial charge in [0.1, 0.15) is 0 Å². The monoisotopic (exact) mass is 554 g/mol. The van der Waals surface area contributed by atoms with Crippen LogP contribution in [-0.2, 0) is 6.54 Å². The lowest BCUT2D eigenvalue weighted by molar-refractivity contribution is 0.112. The molecule has 1 saturated heterocycles. The normalized spacial score (nSPS) is 15.4. The SMILES string of the molecule is C(=Cc1ccccc1)CN1CCN([C@@H](c2ccccc2)c2nnnn2CCC(c2ccccc2)c2ccccc2)CC1. The zero-order valence-corrected chi connectivity index (χ0v) is 24.0. The Kier molecular flexibility index (Phi) is 9.25. The number of aryl methyl sites for hydroxylation is 1. The number of aromatic nitrogens is 4. The molecule has 1 aromatic heterocycles. The molecule has 4 aromatic carbocycles. The molecule has 0 aliphatic carbocycles. The minimum atomic E-state index is 0.00936. The molecule has 1 aliphatic heterocycles. The van der Waals surface area contributed by atoms with Gasteiger partial charge in [0, 0.05) is 45.2 Å². The summed E-state index contributed by atoms with van der Waals surface area (Å²) in [5.41, 5.74) is 5.10.